The molecule has 0 amide bonds. The van der Waals surface area contributed by atoms with Crippen LogP contribution in [0.15, 0.2) is 0 Å². The quantitative estimate of drug-likeness (QED) is 0.753. The lowest BCUT2D eigenvalue weighted by molar-refractivity contribution is 0.384. The molecule has 1 aliphatic heterocycles. The van der Waals surface area contributed by atoms with Gasteiger partial charge in [-0.3, -0.25) is 0 Å². The molecular weight excluding hydrogens is 190 g/mol. The van der Waals surface area contributed by atoms with Crippen LogP contribution in [0.4, 0.5) is 0 Å². The first-order valence-electron chi connectivity index (χ1n) is 6.16. The monoisotopic (exact) mass is 213 g/mol. The Morgan fingerprint density at radius 1 is 1.43 bits per heavy atom. The van der Waals surface area contributed by atoms with Crippen molar-refractivity contribution in [1.29, 1.82) is 0 Å². The lowest BCUT2D eigenvalue weighted by atomic mass is 10.00. The van der Waals surface area contributed by atoms with Crippen molar-refractivity contribution in [3.63, 3.8) is 0 Å². The molecule has 1 unspecified atom stereocenters. The van der Waals surface area contributed by atoms with Gasteiger partial charge in [0.2, 0.25) is 0 Å². The van der Waals surface area contributed by atoms with E-state index in [0.29, 0.717) is 0 Å². The molecule has 1 heterocycles. The molecular formula is C12H23NS. The fraction of sp³-hybridized carbons (Fsp3) is 1.00. The van der Waals surface area contributed by atoms with E-state index in [2.05, 4.69) is 24.0 Å². The summed E-state index contributed by atoms with van der Waals surface area (Å²) in [5.74, 6) is 2.74. The molecule has 0 radical (unpaired) electrons. The Hall–Kier alpha value is 0.310. The number of nitrogens with one attached hydrogen (secondary N) is 1. The lowest BCUT2D eigenvalue weighted by Gasteiger charge is -2.25. The van der Waals surface area contributed by atoms with Gasteiger partial charge in [-0.1, -0.05) is 13.3 Å². The Bertz CT molecular complexity index is 171. The van der Waals surface area contributed by atoms with Gasteiger partial charge in [0.25, 0.3) is 0 Å². The van der Waals surface area contributed by atoms with Crippen LogP contribution in [0, 0.1) is 5.41 Å². The number of rotatable bonds is 5. The molecule has 2 fully saturated rings. The largest absolute Gasteiger partial charge is 0.313 e. The summed E-state index contributed by atoms with van der Waals surface area (Å²) in [7, 11) is 0. The third kappa shape index (κ3) is 2.90. The molecule has 0 spiro atoms. The van der Waals surface area contributed by atoms with Crippen molar-refractivity contribution < 1.29 is 0 Å². The molecule has 0 bridgehead atoms. The van der Waals surface area contributed by atoms with Gasteiger partial charge in [0.1, 0.15) is 0 Å². The van der Waals surface area contributed by atoms with Crippen LogP contribution in [-0.4, -0.2) is 24.1 Å². The maximum absolute atomic E-state index is 3.79. The van der Waals surface area contributed by atoms with Crippen molar-refractivity contribution >= 4 is 11.8 Å². The second-order valence-corrected chi connectivity index (χ2v) is 6.19. The van der Waals surface area contributed by atoms with Crippen LogP contribution in [0.25, 0.3) is 0 Å². The average molecular weight is 213 g/mol. The number of hydrogen-bond acceptors (Lipinski definition) is 2. The summed E-state index contributed by atoms with van der Waals surface area (Å²) in [6, 6.07) is 0.822. The topological polar surface area (TPSA) is 12.0 Å². The molecule has 0 aromatic carbocycles. The Morgan fingerprint density at radius 3 is 2.86 bits per heavy atom. The zero-order chi connectivity index (χ0) is 9.86. The molecule has 1 atom stereocenters. The van der Waals surface area contributed by atoms with Crippen molar-refractivity contribution in [3.8, 4) is 0 Å². The van der Waals surface area contributed by atoms with Crippen molar-refractivity contribution in [2.24, 2.45) is 5.41 Å². The fourth-order valence-electron chi connectivity index (χ4n) is 2.48. The highest BCUT2D eigenvalue weighted by Crippen LogP contribution is 2.49. The van der Waals surface area contributed by atoms with Crippen LogP contribution in [0.2, 0.25) is 0 Å². The van der Waals surface area contributed by atoms with E-state index in [4.69, 9.17) is 0 Å². The molecule has 2 rings (SSSR count). The van der Waals surface area contributed by atoms with Gasteiger partial charge >= 0.3 is 0 Å². The van der Waals surface area contributed by atoms with Gasteiger partial charge in [0.15, 0.2) is 0 Å². The fourth-order valence-corrected chi connectivity index (χ4v) is 3.59. The van der Waals surface area contributed by atoms with Gasteiger partial charge in [0, 0.05) is 18.3 Å². The number of hydrogen-bond donors (Lipinski definition) is 1. The SMILES string of the molecule is CCCC1(CNC2CCCSC2)CC1. The smallest absolute Gasteiger partial charge is 0.0158 e. The van der Waals surface area contributed by atoms with E-state index in [9.17, 15) is 0 Å². The molecule has 1 N–H and O–H groups in total. The van der Waals surface area contributed by atoms with E-state index < -0.39 is 0 Å². The standard InChI is InChI=1S/C12H23NS/c1-2-5-12(6-7-12)10-13-11-4-3-8-14-9-11/h11,13H,2-10H2,1H3. The Morgan fingerprint density at radius 2 is 2.29 bits per heavy atom. The molecule has 0 aromatic rings. The van der Waals surface area contributed by atoms with Crippen LogP contribution < -0.4 is 5.32 Å². The summed E-state index contributed by atoms with van der Waals surface area (Å²) in [5, 5.41) is 3.79. The third-order valence-electron chi connectivity index (χ3n) is 3.66. The maximum Gasteiger partial charge on any atom is 0.0158 e. The first kappa shape index (κ1) is 10.8. The maximum atomic E-state index is 3.79. The summed E-state index contributed by atoms with van der Waals surface area (Å²) in [4.78, 5) is 0. The van der Waals surface area contributed by atoms with Crippen LogP contribution in [0.3, 0.4) is 0 Å². The zero-order valence-corrected chi connectivity index (χ0v) is 10.2. The predicted octanol–water partition coefficient (Wildman–Crippen LogP) is 3.05. The Kier molecular flexibility index (Phi) is 3.78. The molecule has 1 aliphatic carbocycles. The van der Waals surface area contributed by atoms with Crippen molar-refractivity contribution in [2.75, 3.05) is 18.1 Å². The molecule has 1 nitrogen and oxygen atoms in total. The van der Waals surface area contributed by atoms with Crippen LogP contribution >= 0.6 is 11.8 Å². The minimum Gasteiger partial charge on any atom is -0.313 e. The lowest BCUT2D eigenvalue weighted by Crippen LogP contribution is -2.37. The molecule has 14 heavy (non-hydrogen) atoms. The molecule has 82 valence electrons. The second-order valence-electron chi connectivity index (χ2n) is 5.04. The second kappa shape index (κ2) is 4.89. The molecule has 1 saturated heterocycles. The first-order chi connectivity index (χ1) is 6.85. The van der Waals surface area contributed by atoms with Gasteiger partial charge in [-0.25, -0.2) is 0 Å². The first-order valence-corrected chi connectivity index (χ1v) is 7.31. The highest BCUT2D eigenvalue weighted by Gasteiger charge is 2.41. The average Bonchev–Trinajstić information content (AvgIpc) is 2.98. The van der Waals surface area contributed by atoms with Gasteiger partial charge in [0.05, 0.1) is 0 Å². The van der Waals surface area contributed by atoms with E-state index in [1.807, 2.05) is 0 Å². The van der Waals surface area contributed by atoms with Crippen molar-refractivity contribution in [1.82, 2.24) is 5.32 Å². The van der Waals surface area contributed by atoms with Crippen LogP contribution in [0.1, 0.15) is 45.4 Å². The molecule has 1 saturated carbocycles. The summed E-state index contributed by atoms with van der Waals surface area (Å²) < 4.78 is 0. The predicted molar refractivity (Wildman–Crippen MR) is 64.9 cm³/mol. The summed E-state index contributed by atoms with van der Waals surface area (Å²) in [6.45, 7) is 3.61. The van der Waals surface area contributed by atoms with Crippen LogP contribution in [-0.2, 0) is 0 Å². The van der Waals surface area contributed by atoms with Gasteiger partial charge < -0.3 is 5.32 Å². The minimum absolute atomic E-state index is 0.733. The Labute approximate surface area is 92.4 Å². The Balaban J connectivity index is 1.65. The normalized spacial score (nSPS) is 30.2. The molecule has 0 aromatic heterocycles. The highest BCUT2D eigenvalue weighted by molar-refractivity contribution is 7.99. The summed E-state index contributed by atoms with van der Waals surface area (Å²) in [5.41, 5.74) is 0.733. The van der Waals surface area contributed by atoms with Crippen LogP contribution in [0.5, 0.6) is 0 Å². The van der Waals surface area contributed by atoms with E-state index >= 15 is 0 Å². The minimum atomic E-state index is 0.733. The van der Waals surface area contributed by atoms with Gasteiger partial charge in [-0.15, -0.1) is 0 Å². The van der Waals surface area contributed by atoms with Crippen molar-refractivity contribution in [3.05, 3.63) is 0 Å². The summed E-state index contributed by atoms with van der Waals surface area (Å²) >= 11 is 2.12. The van der Waals surface area contributed by atoms with E-state index in [1.165, 1.54) is 56.6 Å². The van der Waals surface area contributed by atoms with Gasteiger partial charge in [-0.2, -0.15) is 11.8 Å². The van der Waals surface area contributed by atoms with E-state index in [0.717, 1.165) is 11.5 Å². The zero-order valence-electron chi connectivity index (χ0n) is 9.35. The summed E-state index contributed by atoms with van der Waals surface area (Å²) in [6.07, 6.45) is 8.60. The van der Waals surface area contributed by atoms with Crippen molar-refractivity contribution in [2.45, 2.75) is 51.5 Å². The van der Waals surface area contributed by atoms with E-state index in [-0.39, 0.29) is 0 Å². The molecule has 2 heteroatoms. The molecule has 2 aliphatic rings. The number of thioether (sulfide) groups is 1. The highest BCUT2D eigenvalue weighted by atomic mass is 32.2. The van der Waals surface area contributed by atoms with E-state index in [1.54, 1.807) is 0 Å². The third-order valence-corrected chi connectivity index (χ3v) is 4.88. The van der Waals surface area contributed by atoms with Gasteiger partial charge in [-0.05, 0) is 43.3 Å².